The maximum Gasteiger partial charge on any atom is 0.255 e. The minimum atomic E-state index is 0.00470. The summed E-state index contributed by atoms with van der Waals surface area (Å²) in [4.78, 5) is 23.9. The normalized spacial score (nSPS) is 15.1. The van der Waals surface area contributed by atoms with E-state index in [1.54, 1.807) is 18.9 Å². The summed E-state index contributed by atoms with van der Waals surface area (Å²) >= 11 is 0. The van der Waals surface area contributed by atoms with E-state index in [0.717, 1.165) is 30.0 Å². The number of benzene rings is 1. The fourth-order valence-electron chi connectivity index (χ4n) is 3.98. The van der Waals surface area contributed by atoms with Crippen molar-refractivity contribution in [3.63, 3.8) is 0 Å². The first kappa shape index (κ1) is 17.5. The predicted molar refractivity (Wildman–Crippen MR) is 108 cm³/mol. The van der Waals surface area contributed by atoms with Gasteiger partial charge in [-0.15, -0.1) is 10.2 Å². The quantitative estimate of drug-likeness (QED) is 0.540. The van der Waals surface area contributed by atoms with Crippen molar-refractivity contribution in [2.24, 2.45) is 7.05 Å². The number of fused-ring (bicyclic) bond motifs is 1. The van der Waals surface area contributed by atoms with Crippen LogP contribution in [0.25, 0.3) is 16.9 Å². The summed E-state index contributed by atoms with van der Waals surface area (Å²) in [5.74, 6) is 1.34. The molecule has 1 amide bonds. The Morgan fingerprint density at radius 2 is 1.86 bits per heavy atom. The summed E-state index contributed by atoms with van der Waals surface area (Å²) in [7, 11) is 1.96. The van der Waals surface area contributed by atoms with E-state index >= 15 is 0 Å². The number of nitrogens with zero attached hydrogens (tertiary/aromatic N) is 7. The molecular formula is C21H21N7O. The van der Waals surface area contributed by atoms with Crippen LogP contribution in [-0.4, -0.2) is 53.2 Å². The molecule has 0 radical (unpaired) electrons. The molecule has 8 nitrogen and oxygen atoms in total. The first-order valence-electron chi connectivity index (χ1n) is 9.72. The molecule has 1 saturated heterocycles. The number of pyridine rings is 1. The molecule has 0 bridgehead atoms. The van der Waals surface area contributed by atoms with E-state index in [9.17, 15) is 4.79 Å². The number of amides is 1. The Labute approximate surface area is 167 Å². The summed E-state index contributed by atoms with van der Waals surface area (Å²) in [5, 5.41) is 8.18. The third-order valence-electron chi connectivity index (χ3n) is 5.56. The third kappa shape index (κ3) is 3.16. The number of aromatic nitrogens is 6. The van der Waals surface area contributed by atoms with E-state index in [4.69, 9.17) is 0 Å². The molecule has 0 N–H and O–H groups in total. The Bertz CT molecular complexity index is 1160. The van der Waals surface area contributed by atoms with Gasteiger partial charge in [0.25, 0.3) is 5.91 Å². The molecule has 0 spiro atoms. The van der Waals surface area contributed by atoms with Crippen LogP contribution in [0, 0.1) is 0 Å². The number of aryl methyl sites for hydroxylation is 1. The molecule has 0 unspecified atom stereocenters. The fourth-order valence-corrected chi connectivity index (χ4v) is 3.98. The van der Waals surface area contributed by atoms with Crippen LogP contribution in [0.3, 0.4) is 0 Å². The molecule has 146 valence electrons. The lowest BCUT2D eigenvalue weighted by atomic mass is 9.95. The second-order valence-electron chi connectivity index (χ2n) is 7.38. The van der Waals surface area contributed by atoms with Gasteiger partial charge in [0, 0.05) is 37.9 Å². The monoisotopic (exact) mass is 387 g/mol. The van der Waals surface area contributed by atoms with Crippen LogP contribution in [0.4, 0.5) is 0 Å². The van der Waals surface area contributed by atoms with E-state index in [0.29, 0.717) is 30.1 Å². The number of likely N-dealkylation sites (tertiary alicyclic amines) is 1. The summed E-state index contributed by atoms with van der Waals surface area (Å²) in [6.07, 6.45) is 6.89. The van der Waals surface area contributed by atoms with Crippen LogP contribution in [0.1, 0.15) is 34.9 Å². The number of carbonyl (C=O) groups excluding carboxylic acids is 1. The highest BCUT2D eigenvalue weighted by Crippen LogP contribution is 2.27. The molecule has 29 heavy (non-hydrogen) atoms. The molecule has 0 aliphatic carbocycles. The van der Waals surface area contributed by atoms with Crippen molar-refractivity contribution in [1.82, 2.24) is 34.2 Å². The lowest BCUT2D eigenvalue weighted by molar-refractivity contribution is 0.0710. The SMILES string of the molecule is Cn1cnnc1C1CCN(C(=O)c2cnc3c(c2)ncn3-c2ccccc2)CC1. The molecule has 1 fully saturated rings. The molecule has 3 aromatic heterocycles. The lowest BCUT2D eigenvalue weighted by Crippen LogP contribution is -2.38. The standard InChI is InChI=1S/C21H21N7O/c1-26-14-24-25-19(26)15-7-9-27(10-8-15)21(29)16-11-18-20(22-12-16)28(13-23-18)17-5-3-2-4-6-17/h2-6,11-15H,7-10H2,1H3. The second kappa shape index (κ2) is 7.12. The predicted octanol–water partition coefficient (Wildman–Crippen LogP) is 2.57. The molecule has 5 rings (SSSR count). The molecule has 0 atom stereocenters. The Balaban J connectivity index is 1.33. The Morgan fingerprint density at radius 3 is 2.59 bits per heavy atom. The highest BCUT2D eigenvalue weighted by atomic mass is 16.2. The summed E-state index contributed by atoms with van der Waals surface area (Å²) < 4.78 is 3.89. The van der Waals surface area contributed by atoms with Crippen LogP contribution in [-0.2, 0) is 7.05 Å². The average Bonchev–Trinajstić information content (AvgIpc) is 3.39. The number of imidazole rings is 1. The molecule has 1 aromatic carbocycles. The van der Waals surface area contributed by atoms with Gasteiger partial charge in [-0.05, 0) is 31.0 Å². The van der Waals surface area contributed by atoms with Crippen LogP contribution < -0.4 is 0 Å². The molecule has 4 heterocycles. The highest BCUT2D eigenvalue weighted by molar-refractivity contribution is 5.96. The number of hydrogen-bond acceptors (Lipinski definition) is 5. The largest absolute Gasteiger partial charge is 0.339 e. The molecule has 4 aromatic rings. The van der Waals surface area contributed by atoms with Gasteiger partial charge in [0.2, 0.25) is 0 Å². The van der Waals surface area contributed by atoms with Gasteiger partial charge < -0.3 is 9.47 Å². The van der Waals surface area contributed by atoms with Crippen LogP contribution in [0.2, 0.25) is 0 Å². The molecule has 8 heteroatoms. The van der Waals surface area contributed by atoms with Crippen molar-refractivity contribution in [3.05, 3.63) is 66.6 Å². The smallest absolute Gasteiger partial charge is 0.255 e. The zero-order valence-corrected chi connectivity index (χ0v) is 16.1. The average molecular weight is 387 g/mol. The van der Waals surface area contributed by atoms with E-state index in [2.05, 4.69) is 20.2 Å². The van der Waals surface area contributed by atoms with Gasteiger partial charge in [-0.25, -0.2) is 9.97 Å². The number of hydrogen-bond donors (Lipinski definition) is 0. The molecular weight excluding hydrogens is 366 g/mol. The number of piperidine rings is 1. The Morgan fingerprint density at radius 1 is 1.07 bits per heavy atom. The van der Waals surface area contributed by atoms with Crippen molar-refractivity contribution < 1.29 is 4.79 Å². The molecule has 1 aliphatic heterocycles. The highest BCUT2D eigenvalue weighted by Gasteiger charge is 2.27. The van der Waals surface area contributed by atoms with Crippen molar-refractivity contribution in [2.75, 3.05) is 13.1 Å². The Kier molecular flexibility index (Phi) is 4.31. The minimum Gasteiger partial charge on any atom is -0.339 e. The summed E-state index contributed by atoms with van der Waals surface area (Å²) in [6, 6.07) is 11.8. The van der Waals surface area contributed by atoms with Gasteiger partial charge in [-0.1, -0.05) is 18.2 Å². The van der Waals surface area contributed by atoms with Crippen LogP contribution in [0.5, 0.6) is 0 Å². The van der Waals surface area contributed by atoms with Gasteiger partial charge >= 0.3 is 0 Å². The van der Waals surface area contributed by atoms with E-state index < -0.39 is 0 Å². The van der Waals surface area contributed by atoms with Crippen molar-refractivity contribution >= 4 is 17.1 Å². The number of carbonyl (C=O) groups is 1. The zero-order valence-electron chi connectivity index (χ0n) is 16.1. The fraction of sp³-hybridized carbons (Fsp3) is 0.286. The topological polar surface area (TPSA) is 81.7 Å². The van der Waals surface area contributed by atoms with Gasteiger partial charge in [0.1, 0.15) is 24.0 Å². The Hall–Kier alpha value is -3.55. The van der Waals surface area contributed by atoms with Gasteiger partial charge in [0.05, 0.1) is 5.56 Å². The van der Waals surface area contributed by atoms with E-state index in [-0.39, 0.29) is 5.91 Å². The lowest BCUT2D eigenvalue weighted by Gasteiger charge is -2.31. The van der Waals surface area contributed by atoms with Gasteiger partial charge in [-0.2, -0.15) is 0 Å². The van der Waals surface area contributed by atoms with Crippen molar-refractivity contribution in [3.8, 4) is 5.69 Å². The molecule has 1 aliphatic rings. The van der Waals surface area contributed by atoms with Crippen LogP contribution >= 0.6 is 0 Å². The number of para-hydroxylation sites is 1. The second-order valence-corrected chi connectivity index (χ2v) is 7.38. The maximum atomic E-state index is 13.0. The van der Waals surface area contributed by atoms with E-state index in [1.165, 1.54) is 0 Å². The third-order valence-corrected chi connectivity index (χ3v) is 5.56. The first-order chi connectivity index (χ1) is 14.2. The zero-order chi connectivity index (χ0) is 19.8. The molecule has 0 saturated carbocycles. The van der Waals surface area contributed by atoms with Crippen molar-refractivity contribution in [1.29, 1.82) is 0 Å². The summed E-state index contributed by atoms with van der Waals surface area (Å²) in [5.41, 5.74) is 3.03. The van der Waals surface area contributed by atoms with Crippen molar-refractivity contribution in [2.45, 2.75) is 18.8 Å². The van der Waals surface area contributed by atoms with E-state index in [1.807, 2.05) is 57.5 Å². The van der Waals surface area contributed by atoms with Crippen LogP contribution in [0.15, 0.2) is 55.2 Å². The first-order valence-corrected chi connectivity index (χ1v) is 9.72. The van der Waals surface area contributed by atoms with Gasteiger partial charge in [0.15, 0.2) is 5.65 Å². The van der Waals surface area contributed by atoms with Gasteiger partial charge in [-0.3, -0.25) is 9.36 Å². The maximum absolute atomic E-state index is 13.0. The summed E-state index contributed by atoms with van der Waals surface area (Å²) in [6.45, 7) is 1.40. The number of rotatable bonds is 3. The minimum absolute atomic E-state index is 0.00470.